The maximum atomic E-state index is 7.57. The highest BCUT2D eigenvalue weighted by molar-refractivity contribution is 4.92. The van der Waals surface area contributed by atoms with E-state index >= 15 is 0 Å². The minimum Gasteiger partial charge on any atom is -0.397 e. The molecule has 0 aliphatic carbocycles. The van der Waals surface area contributed by atoms with Crippen molar-refractivity contribution in [3.63, 3.8) is 0 Å². The molecule has 1 rings (SSSR count). The summed E-state index contributed by atoms with van der Waals surface area (Å²) in [5, 5.41) is 7.57. The predicted octanol–water partition coefficient (Wildman–Crippen LogP) is 0.746. The Bertz CT molecular complexity index is 161. The van der Waals surface area contributed by atoms with Crippen molar-refractivity contribution in [1.29, 1.82) is 0 Å². The summed E-state index contributed by atoms with van der Waals surface area (Å²) in [5.74, 6) is 0. The zero-order chi connectivity index (χ0) is 11.0. The van der Waals surface area contributed by atoms with Gasteiger partial charge in [-0.25, -0.2) is 0 Å². The summed E-state index contributed by atoms with van der Waals surface area (Å²) in [4.78, 5) is 4.17. The molecule has 0 bridgehead atoms. The van der Waals surface area contributed by atoms with Crippen LogP contribution in [-0.2, 0) is 0 Å². The SMILES string of the molecule is CCCCN1C=CN(C)C1N.CCO. The lowest BCUT2D eigenvalue weighted by atomic mass is 10.3. The lowest BCUT2D eigenvalue weighted by Crippen LogP contribution is -2.44. The zero-order valence-electron chi connectivity index (χ0n) is 9.48. The van der Waals surface area contributed by atoms with Crippen molar-refractivity contribution in [3.05, 3.63) is 12.4 Å². The predicted molar refractivity (Wildman–Crippen MR) is 59.3 cm³/mol. The van der Waals surface area contributed by atoms with E-state index in [1.165, 1.54) is 12.8 Å². The molecule has 0 aromatic carbocycles. The largest absolute Gasteiger partial charge is 0.397 e. The summed E-state index contributed by atoms with van der Waals surface area (Å²) < 4.78 is 0. The number of hydrogen-bond acceptors (Lipinski definition) is 4. The topological polar surface area (TPSA) is 52.7 Å². The van der Waals surface area contributed by atoms with E-state index in [-0.39, 0.29) is 12.9 Å². The summed E-state index contributed by atoms with van der Waals surface area (Å²) >= 11 is 0. The number of unbranched alkanes of at least 4 members (excludes halogenated alkanes) is 1. The molecule has 0 amide bonds. The smallest absolute Gasteiger partial charge is 0.154 e. The van der Waals surface area contributed by atoms with Crippen LogP contribution in [0.15, 0.2) is 12.4 Å². The van der Waals surface area contributed by atoms with Gasteiger partial charge in [0.05, 0.1) is 0 Å². The standard InChI is InChI=1S/C8H17N3.C2H6O/c1-3-4-5-11-7-6-10(2)8(11)9;1-2-3/h6-8H,3-5,9H2,1-2H3;3H,2H2,1H3. The second-order valence-corrected chi connectivity index (χ2v) is 3.28. The van der Waals surface area contributed by atoms with Gasteiger partial charge in [0, 0.05) is 32.6 Å². The van der Waals surface area contributed by atoms with Crippen LogP contribution < -0.4 is 5.73 Å². The normalized spacial score (nSPS) is 19.6. The molecule has 0 spiro atoms. The highest BCUT2D eigenvalue weighted by Gasteiger charge is 2.17. The first-order valence-electron chi connectivity index (χ1n) is 5.19. The number of rotatable bonds is 3. The third-order valence-corrected chi connectivity index (χ3v) is 2.02. The van der Waals surface area contributed by atoms with Crippen LogP contribution in [-0.4, -0.2) is 41.4 Å². The lowest BCUT2D eigenvalue weighted by Gasteiger charge is -2.26. The van der Waals surface area contributed by atoms with Crippen LogP contribution in [0.3, 0.4) is 0 Å². The third-order valence-electron chi connectivity index (χ3n) is 2.02. The Morgan fingerprint density at radius 2 is 1.93 bits per heavy atom. The van der Waals surface area contributed by atoms with Crippen molar-refractivity contribution in [2.24, 2.45) is 5.73 Å². The van der Waals surface area contributed by atoms with Gasteiger partial charge in [-0.15, -0.1) is 0 Å². The Kier molecular flexibility index (Phi) is 7.24. The van der Waals surface area contributed by atoms with Crippen LogP contribution in [0, 0.1) is 0 Å². The fourth-order valence-electron chi connectivity index (χ4n) is 1.15. The summed E-state index contributed by atoms with van der Waals surface area (Å²) in [5.41, 5.74) is 5.85. The summed E-state index contributed by atoms with van der Waals surface area (Å²) in [6, 6.07) is 0. The van der Waals surface area contributed by atoms with Gasteiger partial charge in [-0.3, -0.25) is 5.73 Å². The molecule has 0 aromatic rings. The highest BCUT2D eigenvalue weighted by atomic mass is 16.2. The first-order chi connectivity index (χ1) is 6.67. The molecule has 0 saturated heterocycles. The summed E-state index contributed by atoms with van der Waals surface area (Å²) in [6.45, 7) is 5.19. The molecule has 0 saturated carbocycles. The van der Waals surface area contributed by atoms with Crippen molar-refractivity contribution in [3.8, 4) is 0 Å². The van der Waals surface area contributed by atoms with Gasteiger partial charge < -0.3 is 14.9 Å². The summed E-state index contributed by atoms with van der Waals surface area (Å²) in [7, 11) is 1.99. The molecule has 84 valence electrons. The van der Waals surface area contributed by atoms with E-state index < -0.39 is 0 Å². The number of nitrogens with two attached hydrogens (primary N) is 1. The quantitative estimate of drug-likeness (QED) is 0.707. The molecule has 1 unspecified atom stereocenters. The van der Waals surface area contributed by atoms with E-state index in [4.69, 9.17) is 10.8 Å². The Hall–Kier alpha value is -0.740. The second kappa shape index (κ2) is 7.64. The van der Waals surface area contributed by atoms with Gasteiger partial charge >= 0.3 is 0 Å². The Morgan fingerprint density at radius 1 is 1.36 bits per heavy atom. The molecular weight excluding hydrogens is 178 g/mol. The lowest BCUT2D eigenvalue weighted by molar-refractivity contribution is 0.181. The molecule has 14 heavy (non-hydrogen) atoms. The van der Waals surface area contributed by atoms with Gasteiger partial charge in [0.1, 0.15) is 0 Å². The first-order valence-corrected chi connectivity index (χ1v) is 5.19. The maximum Gasteiger partial charge on any atom is 0.154 e. The first kappa shape index (κ1) is 13.3. The van der Waals surface area contributed by atoms with Gasteiger partial charge in [0.2, 0.25) is 0 Å². The van der Waals surface area contributed by atoms with E-state index in [2.05, 4.69) is 18.0 Å². The van der Waals surface area contributed by atoms with Crippen LogP contribution in [0.2, 0.25) is 0 Å². The molecule has 0 radical (unpaired) electrons. The zero-order valence-corrected chi connectivity index (χ0v) is 9.48. The molecule has 1 heterocycles. The molecule has 4 heteroatoms. The van der Waals surface area contributed by atoms with Crippen molar-refractivity contribution in [2.45, 2.75) is 33.0 Å². The molecule has 1 aliphatic heterocycles. The Balaban J connectivity index is 0.000000500. The van der Waals surface area contributed by atoms with Gasteiger partial charge in [-0.05, 0) is 13.3 Å². The van der Waals surface area contributed by atoms with Crippen LogP contribution in [0.25, 0.3) is 0 Å². The molecule has 4 nitrogen and oxygen atoms in total. The molecule has 1 aliphatic rings. The van der Waals surface area contributed by atoms with Gasteiger partial charge in [-0.2, -0.15) is 0 Å². The highest BCUT2D eigenvalue weighted by Crippen LogP contribution is 2.09. The second-order valence-electron chi connectivity index (χ2n) is 3.28. The monoisotopic (exact) mass is 201 g/mol. The minimum absolute atomic E-state index is 0.0570. The Labute approximate surface area is 87.0 Å². The summed E-state index contributed by atoms with van der Waals surface area (Å²) in [6.07, 6.45) is 6.56. The average Bonchev–Trinajstić information content (AvgIpc) is 2.47. The van der Waals surface area contributed by atoms with Gasteiger partial charge in [-0.1, -0.05) is 13.3 Å². The van der Waals surface area contributed by atoms with Crippen LogP contribution >= 0.6 is 0 Å². The van der Waals surface area contributed by atoms with E-state index in [0.29, 0.717) is 0 Å². The molecule has 3 N–H and O–H groups in total. The van der Waals surface area contributed by atoms with E-state index in [1.54, 1.807) is 6.92 Å². The van der Waals surface area contributed by atoms with E-state index in [0.717, 1.165) is 6.54 Å². The molecule has 1 atom stereocenters. The van der Waals surface area contributed by atoms with Crippen LogP contribution in [0.5, 0.6) is 0 Å². The number of hydrogen-bond donors (Lipinski definition) is 2. The van der Waals surface area contributed by atoms with Crippen LogP contribution in [0.1, 0.15) is 26.7 Å². The van der Waals surface area contributed by atoms with Gasteiger partial charge in [0.15, 0.2) is 6.29 Å². The molecule has 0 aromatic heterocycles. The molecule has 0 fully saturated rings. The molecular formula is C10H23N3O. The average molecular weight is 201 g/mol. The van der Waals surface area contributed by atoms with Crippen molar-refractivity contribution in [1.82, 2.24) is 9.80 Å². The van der Waals surface area contributed by atoms with Crippen molar-refractivity contribution >= 4 is 0 Å². The fourth-order valence-corrected chi connectivity index (χ4v) is 1.15. The minimum atomic E-state index is 0.0570. The maximum absolute atomic E-state index is 7.57. The third kappa shape index (κ3) is 4.48. The van der Waals surface area contributed by atoms with Crippen molar-refractivity contribution in [2.75, 3.05) is 20.2 Å². The number of nitrogens with zero attached hydrogens (tertiary/aromatic N) is 2. The number of aliphatic hydroxyl groups excluding tert-OH is 1. The fraction of sp³-hybridized carbons (Fsp3) is 0.800. The number of aliphatic hydroxyl groups is 1. The Morgan fingerprint density at radius 3 is 2.29 bits per heavy atom. The van der Waals surface area contributed by atoms with Gasteiger partial charge in [0.25, 0.3) is 0 Å². The van der Waals surface area contributed by atoms with E-state index in [9.17, 15) is 0 Å². The van der Waals surface area contributed by atoms with Crippen LogP contribution in [0.4, 0.5) is 0 Å². The van der Waals surface area contributed by atoms with Crippen molar-refractivity contribution < 1.29 is 5.11 Å². The van der Waals surface area contributed by atoms with E-state index in [1.807, 2.05) is 18.1 Å².